The van der Waals surface area contributed by atoms with Crippen LogP contribution in [0.4, 0.5) is 4.39 Å². The summed E-state index contributed by atoms with van der Waals surface area (Å²) in [6.45, 7) is 2.55. The van der Waals surface area contributed by atoms with E-state index < -0.39 is 9.84 Å². The van der Waals surface area contributed by atoms with Gasteiger partial charge in [-0.05, 0) is 30.2 Å². The summed E-state index contributed by atoms with van der Waals surface area (Å²) in [6, 6.07) is 14.2. The van der Waals surface area contributed by atoms with Crippen molar-refractivity contribution in [2.24, 2.45) is 0 Å². The Labute approximate surface area is 181 Å². The van der Waals surface area contributed by atoms with Gasteiger partial charge in [0, 0.05) is 42.9 Å². The zero-order chi connectivity index (χ0) is 21.1. The Morgan fingerprint density at radius 2 is 1.73 bits per heavy atom. The third-order valence-electron chi connectivity index (χ3n) is 5.78. The van der Waals surface area contributed by atoms with Gasteiger partial charge in [0.1, 0.15) is 5.82 Å². The first-order valence-corrected chi connectivity index (χ1v) is 12.9. The van der Waals surface area contributed by atoms with E-state index in [4.69, 9.17) is 0 Å². The van der Waals surface area contributed by atoms with Crippen molar-refractivity contribution in [2.75, 3.05) is 37.7 Å². The van der Waals surface area contributed by atoms with E-state index in [9.17, 15) is 17.6 Å². The molecule has 2 fully saturated rings. The molecule has 2 heterocycles. The van der Waals surface area contributed by atoms with Crippen LogP contribution in [0.2, 0.25) is 0 Å². The molecule has 2 aliphatic heterocycles. The minimum absolute atomic E-state index is 0.0228. The molecule has 1 amide bonds. The minimum atomic E-state index is -2.91. The number of benzene rings is 2. The predicted octanol–water partition coefficient (Wildman–Crippen LogP) is 3.06. The normalized spacial score (nSPS) is 21.6. The monoisotopic (exact) mass is 448 g/mol. The van der Waals surface area contributed by atoms with Gasteiger partial charge in [0.15, 0.2) is 9.84 Å². The lowest BCUT2D eigenvalue weighted by Gasteiger charge is -2.37. The molecule has 1 atom stereocenters. The van der Waals surface area contributed by atoms with Crippen molar-refractivity contribution in [3.05, 3.63) is 65.5 Å². The molecule has 0 radical (unpaired) electrons. The number of carbonyl (C=O) groups is 1. The van der Waals surface area contributed by atoms with E-state index in [0.717, 1.165) is 4.90 Å². The van der Waals surface area contributed by atoms with Gasteiger partial charge in [0.25, 0.3) is 5.91 Å². The molecule has 5 nitrogen and oxygen atoms in total. The standard InChI is InChI=1S/C22H25FN2O3S2/c23-20-7-3-1-5-17(20)15-29-21-8-4-2-6-19(21)22(26)25-12-10-24(11-13-25)18-9-14-30(27,28)16-18/h1-8,18H,9-16H2/t18-/m0/s1. The van der Waals surface area contributed by atoms with Crippen LogP contribution in [0, 0.1) is 5.82 Å². The largest absolute Gasteiger partial charge is 0.336 e. The maximum absolute atomic E-state index is 13.9. The first-order chi connectivity index (χ1) is 14.4. The highest BCUT2D eigenvalue weighted by Gasteiger charge is 2.34. The number of halogens is 1. The van der Waals surface area contributed by atoms with Crippen LogP contribution in [0.5, 0.6) is 0 Å². The molecule has 2 aliphatic rings. The third-order valence-corrected chi connectivity index (χ3v) is 8.66. The number of hydrogen-bond donors (Lipinski definition) is 0. The molecule has 0 aliphatic carbocycles. The van der Waals surface area contributed by atoms with Gasteiger partial charge >= 0.3 is 0 Å². The number of piperazine rings is 1. The summed E-state index contributed by atoms with van der Waals surface area (Å²) in [7, 11) is -2.91. The van der Waals surface area contributed by atoms with Crippen molar-refractivity contribution in [1.82, 2.24) is 9.80 Å². The van der Waals surface area contributed by atoms with Gasteiger partial charge in [-0.25, -0.2) is 12.8 Å². The van der Waals surface area contributed by atoms with Gasteiger partial charge in [-0.15, -0.1) is 11.8 Å². The van der Waals surface area contributed by atoms with Gasteiger partial charge in [0.05, 0.1) is 17.1 Å². The average molecular weight is 449 g/mol. The molecule has 8 heteroatoms. The molecule has 2 aromatic carbocycles. The number of amides is 1. The van der Waals surface area contributed by atoms with Crippen molar-refractivity contribution in [3.8, 4) is 0 Å². The molecular weight excluding hydrogens is 423 g/mol. The van der Waals surface area contributed by atoms with E-state index in [0.29, 0.717) is 49.5 Å². The van der Waals surface area contributed by atoms with Crippen LogP contribution in [0.1, 0.15) is 22.3 Å². The van der Waals surface area contributed by atoms with Crippen molar-refractivity contribution >= 4 is 27.5 Å². The summed E-state index contributed by atoms with van der Waals surface area (Å²) >= 11 is 1.46. The molecule has 0 aromatic heterocycles. The SMILES string of the molecule is O=C(c1ccccc1SCc1ccccc1F)N1CCN([C@H]2CCS(=O)(=O)C2)CC1. The third kappa shape index (κ3) is 4.87. The molecule has 0 N–H and O–H groups in total. The topological polar surface area (TPSA) is 57.7 Å². The lowest BCUT2D eigenvalue weighted by molar-refractivity contribution is 0.0584. The lowest BCUT2D eigenvalue weighted by atomic mass is 10.1. The molecule has 0 saturated carbocycles. The first kappa shape index (κ1) is 21.3. The van der Waals surface area contributed by atoms with Gasteiger partial charge < -0.3 is 4.90 Å². The zero-order valence-electron chi connectivity index (χ0n) is 16.7. The minimum Gasteiger partial charge on any atom is -0.336 e. The highest BCUT2D eigenvalue weighted by Crippen LogP contribution is 2.28. The molecule has 0 spiro atoms. The Bertz CT molecular complexity index is 1020. The van der Waals surface area contributed by atoms with Crippen LogP contribution in [-0.2, 0) is 15.6 Å². The Balaban J connectivity index is 1.39. The summed E-state index contributed by atoms with van der Waals surface area (Å²) in [5.74, 6) is 0.699. The van der Waals surface area contributed by atoms with Crippen LogP contribution >= 0.6 is 11.8 Å². The molecule has 160 valence electrons. The van der Waals surface area contributed by atoms with E-state index in [1.54, 1.807) is 12.1 Å². The zero-order valence-corrected chi connectivity index (χ0v) is 18.3. The maximum atomic E-state index is 13.9. The van der Waals surface area contributed by atoms with Crippen molar-refractivity contribution in [1.29, 1.82) is 0 Å². The summed E-state index contributed by atoms with van der Waals surface area (Å²) in [4.78, 5) is 18.0. The highest BCUT2D eigenvalue weighted by molar-refractivity contribution is 7.98. The number of nitrogens with zero attached hydrogens (tertiary/aromatic N) is 2. The second-order valence-electron chi connectivity index (χ2n) is 7.76. The van der Waals surface area contributed by atoms with Crippen LogP contribution in [0.25, 0.3) is 0 Å². The number of thioether (sulfide) groups is 1. The van der Waals surface area contributed by atoms with Gasteiger partial charge in [0.2, 0.25) is 0 Å². The van der Waals surface area contributed by atoms with E-state index in [1.807, 2.05) is 35.2 Å². The number of rotatable bonds is 5. The van der Waals surface area contributed by atoms with Crippen LogP contribution < -0.4 is 0 Å². The van der Waals surface area contributed by atoms with E-state index in [1.165, 1.54) is 17.8 Å². The molecule has 2 aromatic rings. The van der Waals surface area contributed by atoms with E-state index >= 15 is 0 Å². The Kier molecular flexibility index (Phi) is 6.46. The van der Waals surface area contributed by atoms with Crippen LogP contribution in [0.3, 0.4) is 0 Å². The van der Waals surface area contributed by atoms with Gasteiger partial charge in [-0.3, -0.25) is 9.69 Å². The molecule has 4 rings (SSSR count). The fraction of sp³-hybridized carbons (Fsp3) is 0.409. The van der Waals surface area contributed by atoms with Crippen molar-refractivity contribution in [2.45, 2.75) is 23.1 Å². The van der Waals surface area contributed by atoms with Crippen molar-refractivity contribution < 1.29 is 17.6 Å². The van der Waals surface area contributed by atoms with Crippen LogP contribution in [0.15, 0.2) is 53.4 Å². The summed E-state index contributed by atoms with van der Waals surface area (Å²) in [5.41, 5.74) is 1.25. The first-order valence-electron chi connectivity index (χ1n) is 10.1. The van der Waals surface area contributed by atoms with E-state index in [-0.39, 0.29) is 29.3 Å². The summed E-state index contributed by atoms with van der Waals surface area (Å²) in [5, 5.41) is 0. The lowest BCUT2D eigenvalue weighted by Crippen LogP contribution is -2.52. The maximum Gasteiger partial charge on any atom is 0.255 e. The quantitative estimate of drug-likeness (QED) is 0.658. The van der Waals surface area contributed by atoms with Gasteiger partial charge in [-0.1, -0.05) is 30.3 Å². The molecule has 0 unspecified atom stereocenters. The number of carbonyl (C=O) groups excluding carboxylic acids is 1. The second kappa shape index (κ2) is 9.08. The van der Waals surface area contributed by atoms with E-state index in [2.05, 4.69) is 4.90 Å². The number of sulfone groups is 1. The Morgan fingerprint density at radius 3 is 2.43 bits per heavy atom. The Hall–Kier alpha value is -1.90. The van der Waals surface area contributed by atoms with Gasteiger partial charge in [-0.2, -0.15) is 0 Å². The van der Waals surface area contributed by atoms with Crippen LogP contribution in [-0.4, -0.2) is 67.9 Å². The molecule has 0 bridgehead atoms. The molecule has 2 saturated heterocycles. The predicted molar refractivity (Wildman–Crippen MR) is 117 cm³/mol. The molecular formula is C22H25FN2O3S2. The average Bonchev–Trinajstić information content (AvgIpc) is 3.13. The molecule has 30 heavy (non-hydrogen) atoms. The Morgan fingerprint density at radius 1 is 1.03 bits per heavy atom. The summed E-state index contributed by atoms with van der Waals surface area (Å²) < 4.78 is 37.4. The fourth-order valence-corrected chi connectivity index (χ4v) is 6.86. The summed E-state index contributed by atoms with van der Waals surface area (Å²) in [6.07, 6.45) is 0.686. The second-order valence-corrected chi connectivity index (χ2v) is 11.0. The number of hydrogen-bond acceptors (Lipinski definition) is 5. The smallest absolute Gasteiger partial charge is 0.255 e. The fourth-order valence-electron chi connectivity index (χ4n) is 4.06. The highest BCUT2D eigenvalue weighted by atomic mass is 32.2. The van der Waals surface area contributed by atoms with Crippen molar-refractivity contribution in [3.63, 3.8) is 0 Å².